The third-order valence-corrected chi connectivity index (χ3v) is 7.72. The molecule has 8 aromatic rings. The van der Waals surface area contributed by atoms with Gasteiger partial charge in [0.25, 0.3) is 0 Å². The van der Waals surface area contributed by atoms with Crippen molar-refractivity contribution in [1.29, 1.82) is 0 Å². The van der Waals surface area contributed by atoms with Gasteiger partial charge in [-0.1, -0.05) is 121 Å². The zero-order valence-corrected chi connectivity index (χ0v) is 20.1. The first kappa shape index (κ1) is 20.3. The Kier molecular flexibility index (Phi) is 4.29. The highest BCUT2D eigenvalue weighted by molar-refractivity contribution is 6.26. The van der Waals surface area contributed by atoms with Gasteiger partial charge in [0.05, 0.1) is 6.26 Å². The molecule has 0 amide bonds. The second-order valence-corrected chi connectivity index (χ2v) is 9.68. The average molecular weight is 471 g/mol. The molecule has 37 heavy (non-hydrogen) atoms. The van der Waals surface area contributed by atoms with E-state index in [0.29, 0.717) is 0 Å². The van der Waals surface area contributed by atoms with Gasteiger partial charge in [-0.05, 0) is 60.3 Å². The van der Waals surface area contributed by atoms with Crippen LogP contribution >= 0.6 is 0 Å². The van der Waals surface area contributed by atoms with E-state index in [2.05, 4.69) is 127 Å². The summed E-state index contributed by atoms with van der Waals surface area (Å²) in [6.07, 6.45) is 1.95. The number of hydrogen-bond acceptors (Lipinski definition) is 1. The molecule has 172 valence electrons. The van der Waals surface area contributed by atoms with Gasteiger partial charge in [0.2, 0.25) is 0 Å². The minimum atomic E-state index is 0.917. The van der Waals surface area contributed by atoms with Crippen molar-refractivity contribution in [2.24, 2.45) is 0 Å². The Balaban J connectivity index is 1.58. The van der Waals surface area contributed by atoms with Crippen molar-refractivity contribution in [2.45, 2.75) is 0 Å². The minimum Gasteiger partial charge on any atom is -0.464 e. The van der Waals surface area contributed by atoms with Gasteiger partial charge in [-0.2, -0.15) is 0 Å². The summed E-state index contributed by atoms with van der Waals surface area (Å²) >= 11 is 0. The van der Waals surface area contributed by atoms with E-state index in [9.17, 15) is 0 Å². The van der Waals surface area contributed by atoms with E-state index in [1.807, 2.05) is 6.26 Å². The van der Waals surface area contributed by atoms with E-state index in [4.69, 9.17) is 4.42 Å². The molecule has 0 radical (unpaired) electrons. The maximum atomic E-state index is 6.18. The molecule has 7 aromatic carbocycles. The lowest BCUT2D eigenvalue weighted by atomic mass is 9.84. The topological polar surface area (TPSA) is 13.1 Å². The third kappa shape index (κ3) is 2.92. The number of rotatable bonds is 2. The number of furan rings is 1. The van der Waals surface area contributed by atoms with Gasteiger partial charge in [0.1, 0.15) is 5.58 Å². The lowest BCUT2D eigenvalue weighted by Crippen LogP contribution is -1.91. The first-order chi connectivity index (χ1) is 18.4. The van der Waals surface area contributed by atoms with Crippen LogP contribution in [0.25, 0.3) is 76.3 Å². The summed E-state index contributed by atoms with van der Waals surface area (Å²) in [5.74, 6) is 0. The molecule has 0 aliphatic heterocycles. The fourth-order valence-corrected chi connectivity index (χ4v) is 6.14. The third-order valence-electron chi connectivity index (χ3n) is 7.72. The number of benzene rings is 7. The highest BCUT2D eigenvalue weighted by Gasteiger charge is 2.21. The van der Waals surface area contributed by atoms with Crippen LogP contribution in [0.2, 0.25) is 0 Å². The first-order valence-corrected chi connectivity index (χ1v) is 12.7. The molecule has 1 heteroatoms. The molecule has 1 nitrogen and oxygen atoms in total. The van der Waals surface area contributed by atoms with Crippen LogP contribution in [0, 0.1) is 0 Å². The second kappa shape index (κ2) is 7.81. The second-order valence-electron chi connectivity index (χ2n) is 9.68. The predicted octanol–water partition coefficient (Wildman–Crippen LogP) is 10.4. The average Bonchev–Trinajstić information content (AvgIpc) is 3.40. The quantitative estimate of drug-likeness (QED) is 0.229. The fraction of sp³-hybridized carbons (Fsp3) is 0. The summed E-state index contributed by atoms with van der Waals surface area (Å²) in [4.78, 5) is 0. The van der Waals surface area contributed by atoms with E-state index >= 15 is 0 Å². The largest absolute Gasteiger partial charge is 0.464 e. The summed E-state index contributed by atoms with van der Waals surface area (Å²) in [6, 6.07) is 45.8. The van der Waals surface area contributed by atoms with Crippen LogP contribution in [0.15, 0.2) is 138 Å². The maximum absolute atomic E-state index is 6.18. The van der Waals surface area contributed by atoms with Gasteiger partial charge in [0, 0.05) is 16.5 Å². The highest BCUT2D eigenvalue weighted by Crippen LogP contribution is 2.47. The van der Waals surface area contributed by atoms with Gasteiger partial charge in [-0.15, -0.1) is 0 Å². The summed E-state index contributed by atoms with van der Waals surface area (Å²) in [7, 11) is 0. The minimum absolute atomic E-state index is 0.917. The van der Waals surface area contributed by atoms with Gasteiger partial charge >= 0.3 is 0 Å². The Morgan fingerprint density at radius 3 is 1.49 bits per heavy atom. The monoisotopic (exact) mass is 470 g/mol. The Hall–Kier alpha value is -4.88. The van der Waals surface area contributed by atoms with Crippen LogP contribution in [-0.4, -0.2) is 0 Å². The van der Waals surface area contributed by atoms with Gasteiger partial charge in [-0.3, -0.25) is 0 Å². The molecule has 1 heterocycles. The van der Waals surface area contributed by atoms with Crippen molar-refractivity contribution < 1.29 is 4.42 Å². The Labute approximate surface area is 214 Å². The fourth-order valence-electron chi connectivity index (χ4n) is 6.14. The predicted molar refractivity (Wildman–Crippen MR) is 157 cm³/mol. The molecule has 0 bridgehead atoms. The van der Waals surface area contributed by atoms with E-state index < -0.39 is 0 Å². The lowest BCUT2D eigenvalue weighted by molar-refractivity contribution is 0.617. The smallest absolute Gasteiger partial charge is 0.135 e. The van der Waals surface area contributed by atoms with Crippen molar-refractivity contribution in [3.8, 4) is 22.3 Å². The lowest BCUT2D eigenvalue weighted by Gasteiger charge is -2.18. The standard InChI is InChI=1S/C36H22O/c1-3-13-25-23(10-1)12-9-19-27(25)34-28-15-5-7-17-30(28)35(31-18-8-6-16-29(31)34)32-22-37-33-21-20-24-11-2-4-14-26(24)36(32)33/h1-22H. The van der Waals surface area contributed by atoms with Crippen LogP contribution in [0.5, 0.6) is 0 Å². The molecule has 0 fully saturated rings. The summed E-state index contributed by atoms with van der Waals surface area (Å²) in [5.41, 5.74) is 5.83. The van der Waals surface area contributed by atoms with Gasteiger partial charge < -0.3 is 4.42 Å². The van der Waals surface area contributed by atoms with Crippen molar-refractivity contribution >= 4 is 54.1 Å². The molecular formula is C36H22O. The molecule has 0 unspecified atom stereocenters. The first-order valence-electron chi connectivity index (χ1n) is 12.7. The van der Waals surface area contributed by atoms with Gasteiger partial charge in [0.15, 0.2) is 0 Å². The molecule has 0 spiro atoms. The van der Waals surface area contributed by atoms with Crippen LogP contribution in [0.1, 0.15) is 0 Å². The van der Waals surface area contributed by atoms with E-state index in [-0.39, 0.29) is 0 Å². The normalized spacial score (nSPS) is 11.8. The van der Waals surface area contributed by atoms with Crippen LogP contribution in [-0.2, 0) is 0 Å². The Morgan fingerprint density at radius 2 is 0.838 bits per heavy atom. The maximum Gasteiger partial charge on any atom is 0.135 e. The van der Waals surface area contributed by atoms with E-state index in [0.717, 1.165) is 11.1 Å². The van der Waals surface area contributed by atoms with E-state index in [1.54, 1.807) is 0 Å². The molecule has 0 saturated carbocycles. The molecule has 8 rings (SSSR count). The summed E-state index contributed by atoms with van der Waals surface area (Å²) in [6.45, 7) is 0. The van der Waals surface area contributed by atoms with Crippen LogP contribution in [0.4, 0.5) is 0 Å². The number of hydrogen-bond donors (Lipinski definition) is 0. The Morgan fingerprint density at radius 1 is 0.351 bits per heavy atom. The summed E-state index contributed by atoms with van der Waals surface area (Å²) in [5, 5.41) is 11.1. The van der Waals surface area contributed by atoms with E-state index in [1.165, 1.54) is 65.2 Å². The van der Waals surface area contributed by atoms with Crippen molar-refractivity contribution in [3.63, 3.8) is 0 Å². The Bertz CT molecular complexity index is 2080. The number of fused-ring (bicyclic) bond motifs is 6. The van der Waals surface area contributed by atoms with Crippen LogP contribution in [0.3, 0.4) is 0 Å². The van der Waals surface area contributed by atoms with Crippen molar-refractivity contribution in [1.82, 2.24) is 0 Å². The zero-order valence-electron chi connectivity index (χ0n) is 20.1. The molecule has 0 atom stereocenters. The highest BCUT2D eigenvalue weighted by atomic mass is 16.3. The van der Waals surface area contributed by atoms with Crippen molar-refractivity contribution in [2.75, 3.05) is 0 Å². The zero-order chi connectivity index (χ0) is 24.3. The molecule has 1 aromatic heterocycles. The molecule has 0 N–H and O–H groups in total. The van der Waals surface area contributed by atoms with Crippen molar-refractivity contribution in [3.05, 3.63) is 134 Å². The SMILES string of the molecule is c1ccc2c(-c3c4ccccc4c(-c4coc5ccc6ccccc6c45)c4ccccc34)cccc2c1. The van der Waals surface area contributed by atoms with Gasteiger partial charge in [-0.25, -0.2) is 0 Å². The molecule has 0 aliphatic carbocycles. The molecule has 0 aliphatic rings. The van der Waals surface area contributed by atoms with Crippen LogP contribution < -0.4 is 0 Å². The summed E-state index contributed by atoms with van der Waals surface area (Å²) < 4.78 is 6.18. The molecule has 0 saturated heterocycles. The molecular weight excluding hydrogens is 448 g/mol.